The summed E-state index contributed by atoms with van der Waals surface area (Å²) in [6, 6.07) is 14.2. The first-order valence-electron chi connectivity index (χ1n) is 9.11. The number of piperidine rings is 1. The van der Waals surface area contributed by atoms with Crippen molar-refractivity contribution in [2.24, 2.45) is 0 Å². The first kappa shape index (κ1) is 19.6. The molecule has 1 saturated heterocycles. The van der Waals surface area contributed by atoms with Gasteiger partial charge in [-0.05, 0) is 52.2 Å². The zero-order chi connectivity index (χ0) is 19.2. The number of Topliss-reactive ketones (excluding diaryl/α,β-unsaturated/α-hetero) is 1. The molecule has 0 unspecified atom stereocenters. The van der Waals surface area contributed by atoms with E-state index >= 15 is 0 Å². The maximum Gasteiger partial charge on any atom is 0.174 e. The predicted octanol–water partition coefficient (Wildman–Crippen LogP) is 4.71. The molecule has 4 nitrogen and oxygen atoms in total. The van der Waals surface area contributed by atoms with E-state index in [0.717, 1.165) is 28.7 Å². The van der Waals surface area contributed by atoms with Gasteiger partial charge in [-0.2, -0.15) is 0 Å². The maximum atomic E-state index is 12.5. The number of benzene rings is 2. The molecular formula is C22H24BrNO3. The van der Waals surface area contributed by atoms with Crippen LogP contribution in [0.3, 0.4) is 0 Å². The minimum atomic E-state index is 0.212. The Balaban J connectivity index is 1.83. The summed E-state index contributed by atoms with van der Waals surface area (Å²) in [4.78, 5) is 14.8. The number of carbonyl (C=O) groups excluding carboxylic acids is 1. The van der Waals surface area contributed by atoms with Gasteiger partial charge in [0.05, 0.1) is 18.2 Å². The van der Waals surface area contributed by atoms with Crippen LogP contribution in [0.1, 0.15) is 24.5 Å². The van der Waals surface area contributed by atoms with E-state index in [0.29, 0.717) is 31.1 Å². The van der Waals surface area contributed by atoms with Gasteiger partial charge >= 0.3 is 0 Å². The second-order valence-electron chi connectivity index (χ2n) is 6.51. The van der Waals surface area contributed by atoms with Crippen molar-refractivity contribution in [2.75, 3.05) is 26.8 Å². The van der Waals surface area contributed by atoms with Gasteiger partial charge in [-0.3, -0.25) is 9.69 Å². The number of rotatable bonds is 6. The number of carbonyl (C=O) groups is 1. The van der Waals surface area contributed by atoms with E-state index in [1.165, 1.54) is 5.56 Å². The number of nitrogens with zero attached hydrogens (tertiary/aromatic N) is 1. The second kappa shape index (κ2) is 9.20. The Labute approximate surface area is 168 Å². The summed E-state index contributed by atoms with van der Waals surface area (Å²) >= 11 is 3.53. The smallest absolute Gasteiger partial charge is 0.174 e. The number of ketones is 1. The maximum absolute atomic E-state index is 12.5. The van der Waals surface area contributed by atoms with Gasteiger partial charge in [0.2, 0.25) is 0 Å². The predicted molar refractivity (Wildman–Crippen MR) is 111 cm³/mol. The quantitative estimate of drug-likeness (QED) is 0.622. The minimum absolute atomic E-state index is 0.212. The van der Waals surface area contributed by atoms with E-state index in [9.17, 15) is 4.79 Å². The fraction of sp³-hybridized carbons (Fsp3) is 0.318. The van der Waals surface area contributed by atoms with E-state index in [4.69, 9.17) is 9.47 Å². The van der Waals surface area contributed by atoms with Crippen LogP contribution in [-0.4, -0.2) is 37.5 Å². The van der Waals surface area contributed by atoms with Gasteiger partial charge in [-0.1, -0.05) is 30.3 Å². The molecule has 27 heavy (non-hydrogen) atoms. The standard InChI is InChI=1S/C22H24BrNO3/c1-3-27-21-13-17(12-19(23)22(21)26-2)11-18-15-24(10-9-20(18)25)14-16-7-5-4-6-8-16/h4-8,11-13H,3,9-10,14-15H2,1-2H3/b18-11+. The van der Waals surface area contributed by atoms with Gasteiger partial charge in [0.25, 0.3) is 0 Å². The van der Waals surface area contributed by atoms with Crippen molar-refractivity contribution in [1.82, 2.24) is 4.90 Å². The summed E-state index contributed by atoms with van der Waals surface area (Å²) < 4.78 is 11.9. The molecule has 2 aromatic carbocycles. The van der Waals surface area contributed by atoms with Crippen molar-refractivity contribution >= 4 is 27.8 Å². The lowest BCUT2D eigenvalue weighted by atomic mass is 9.99. The average molecular weight is 430 g/mol. The monoisotopic (exact) mass is 429 g/mol. The molecular weight excluding hydrogens is 406 g/mol. The molecule has 0 atom stereocenters. The zero-order valence-corrected chi connectivity index (χ0v) is 17.3. The number of methoxy groups -OCH3 is 1. The van der Waals surface area contributed by atoms with E-state index in [1.54, 1.807) is 7.11 Å². The average Bonchev–Trinajstić information content (AvgIpc) is 2.65. The van der Waals surface area contributed by atoms with Crippen LogP contribution in [0.4, 0.5) is 0 Å². The van der Waals surface area contributed by atoms with Gasteiger partial charge in [0, 0.05) is 31.6 Å². The van der Waals surface area contributed by atoms with E-state index in [-0.39, 0.29) is 5.78 Å². The molecule has 1 heterocycles. The number of hydrogen-bond acceptors (Lipinski definition) is 4. The normalized spacial score (nSPS) is 16.6. The molecule has 1 aliphatic heterocycles. The molecule has 1 fully saturated rings. The summed E-state index contributed by atoms with van der Waals surface area (Å²) in [5, 5.41) is 0. The summed E-state index contributed by atoms with van der Waals surface area (Å²) in [6.07, 6.45) is 2.51. The van der Waals surface area contributed by atoms with Crippen molar-refractivity contribution < 1.29 is 14.3 Å². The van der Waals surface area contributed by atoms with Crippen LogP contribution in [0.25, 0.3) is 6.08 Å². The third kappa shape index (κ3) is 4.99. The van der Waals surface area contributed by atoms with Crippen LogP contribution in [0, 0.1) is 0 Å². The second-order valence-corrected chi connectivity index (χ2v) is 7.36. The van der Waals surface area contributed by atoms with Crippen LogP contribution in [0.2, 0.25) is 0 Å². The Morgan fingerprint density at radius 3 is 2.70 bits per heavy atom. The Hall–Kier alpha value is -2.11. The van der Waals surface area contributed by atoms with Crippen molar-refractivity contribution in [3.05, 3.63) is 63.6 Å². The summed E-state index contributed by atoms with van der Waals surface area (Å²) in [5.74, 6) is 1.55. The third-order valence-corrected chi connectivity index (χ3v) is 5.12. The van der Waals surface area contributed by atoms with Crippen LogP contribution in [-0.2, 0) is 11.3 Å². The molecule has 142 valence electrons. The van der Waals surface area contributed by atoms with Gasteiger partial charge in [0.1, 0.15) is 0 Å². The number of hydrogen-bond donors (Lipinski definition) is 0. The molecule has 0 saturated carbocycles. The summed E-state index contributed by atoms with van der Waals surface area (Å²) in [5.41, 5.74) is 3.02. The van der Waals surface area contributed by atoms with Crippen molar-refractivity contribution in [2.45, 2.75) is 19.9 Å². The Morgan fingerprint density at radius 1 is 1.22 bits per heavy atom. The molecule has 0 spiro atoms. The molecule has 0 bridgehead atoms. The SMILES string of the molecule is CCOc1cc(/C=C2\CN(Cc3ccccc3)CCC2=O)cc(Br)c1OC. The van der Waals surface area contributed by atoms with Crippen molar-refractivity contribution in [1.29, 1.82) is 0 Å². The first-order valence-corrected chi connectivity index (χ1v) is 9.90. The molecule has 5 heteroatoms. The third-order valence-electron chi connectivity index (χ3n) is 4.53. The zero-order valence-electron chi connectivity index (χ0n) is 15.7. The van der Waals surface area contributed by atoms with Crippen molar-refractivity contribution in [3.8, 4) is 11.5 Å². The van der Waals surface area contributed by atoms with Crippen LogP contribution < -0.4 is 9.47 Å². The van der Waals surface area contributed by atoms with Gasteiger partial charge in [-0.15, -0.1) is 0 Å². The number of ether oxygens (including phenoxy) is 2. The van der Waals surface area contributed by atoms with E-state index < -0.39 is 0 Å². The summed E-state index contributed by atoms with van der Waals surface area (Å²) in [7, 11) is 1.62. The topological polar surface area (TPSA) is 38.8 Å². The number of halogens is 1. The van der Waals surface area contributed by atoms with E-state index in [1.807, 2.05) is 43.3 Å². The lowest BCUT2D eigenvalue weighted by molar-refractivity contribution is -0.117. The van der Waals surface area contributed by atoms with E-state index in [2.05, 4.69) is 33.0 Å². The molecule has 0 aromatic heterocycles. The minimum Gasteiger partial charge on any atom is -0.492 e. The highest BCUT2D eigenvalue weighted by atomic mass is 79.9. The summed E-state index contributed by atoms with van der Waals surface area (Å²) in [6.45, 7) is 4.78. The highest BCUT2D eigenvalue weighted by Gasteiger charge is 2.22. The Bertz CT molecular complexity index is 833. The number of likely N-dealkylation sites (tertiary alicyclic amines) is 1. The van der Waals surface area contributed by atoms with Crippen LogP contribution in [0.5, 0.6) is 11.5 Å². The van der Waals surface area contributed by atoms with Gasteiger partial charge in [-0.25, -0.2) is 0 Å². The molecule has 0 N–H and O–H groups in total. The van der Waals surface area contributed by atoms with Crippen LogP contribution >= 0.6 is 15.9 Å². The molecule has 0 amide bonds. The lowest BCUT2D eigenvalue weighted by Gasteiger charge is -2.28. The molecule has 1 aliphatic rings. The Kier molecular flexibility index (Phi) is 6.69. The molecule has 0 radical (unpaired) electrons. The van der Waals surface area contributed by atoms with Gasteiger partial charge < -0.3 is 9.47 Å². The molecule has 0 aliphatic carbocycles. The lowest BCUT2D eigenvalue weighted by Crippen LogP contribution is -2.35. The highest BCUT2D eigenvalue weighted by molar-refractivity contribution is 9.10. The largest absolute Gasteiger partial charge is 0.492 e. The molecule has 3 rings (SSSR count). The fourth-order valence-electron chi connectivity index (χ4n) is 3.26. The van der Waals surface area contributed by atoms with Crippen molar-refractivity contribution in [3.63, 3.8) is 0 Å². The first-order chi connectivity index (χ1) is 13.1. The van der Waals surface area contributed by atoms with Gasteiger partial charge in [0.15, 0.2) is 17.3 Å². The molecule has 2 aromatic rings. The van der Waals surface area contributed by atoms with Crippen LogP contribution in [0.15, 0.2) is 52.5 Å². The Morgan fingerprint density at radius 2 is 2.00 bits per heavy atom. The fourth-order valence-corrected chi connectivity index (χ4v) is 3.89. The highest BCUT2D eigenvalue weighted by Crippen LogP contribution is 2.37.